The molecule has 0 bridgehead atoms. The van der Waals surface area contributed by atoms with Crippen molar-refractivity contribution in [2.24, 2.45) is 5.73 Å². The summed E-state index contributed by atoms with van der Waals surface area (Å²) in [5, 5.41) is 3.79. The van der Waals surface area contributed by atoms with Crippen LogP contribution in [0.4, 0.5) is 5.69 Å². The SMILES string of the molecule is CNCc1cccc(Cl)c1N1CCCC1C(N)=O. The molecule has 5 heteroatoms. The van der Waals surface area contributed by atoms with Crippen LogP contribution in [0, 0.1) is 0 Å². The maximum Gasteiger partial charge on any atom is 0.240 e. The molecule has 1 aromatic rings. The minimum absolute atomic E-state index is 0.236. The summed E-state index contributed by atoms with van der Waals surface area (Å²) >= 11 is 6.29. The van der Waals surface area contributed by atoms with Gasteiger partial charge in [-0.05, 0) is 31.5 Å². The van der Waals surface area contributed by atoms with Crippen molar-refractivity contribution in [3.63, 3.8) is 0 Å². The second-order valence-electron chi connectivity index (χ2n) is 4.53. The predicted octanol–water partition coefficient (Wildman–Crippen LogP) is 1.51. The van der Waals surface area contributed by atoms with E-state index in [-0.39, 0.29) is 11.9 Å². The number of nitrogens with one attached hydrogen (secondary N) is 1. The number of carbonyl (C=O) groups excluding carboxylic acids is 1. The summed E-state index contributed by atoms with van der Waals surface area (Å²) in [5.74, 6) is -0.275. The Kier molecular flexibility index (Phi) is 4.09. The quantitative estimate of drug-likeness (QED) is 0.870. The van der Waals surface area contributed by atoms with Gasteiger partial charge in [0.15, 0.2) is 0 Å². The van der Waals surface area contributed by atoms with Crippen molar-refractivity contribution in [1.29, 1.82) is 0 Å². The maximum atomic E-state index is 11.5. The lowest BCUT2D eigenvalue weighted by atomic mass is 10.1. The number of anilines is 1. The van der Waals surface area contributed by atoms with E-state index in [4.69, 9.17) is 17.3 Å². The van der Waals surface area contributed by atoms with E-state index < -0.39 is 0 Å². The zero-order valence-electron chi connectivity index (χ0n) is 10.4. The van der Waals surface area contributed by atoms with Gasteiger partial charge in [0.1, 0.15) is 6.04 Å². The van der Waals surface area contributed by atoms with Crippen LogP contribution in [0.1, 0.15) is 18.4 Å². The largest absolute Gasteiger partial charge is 0.368 e. The molecular weight excluding hydrogens is 250 g/mol. The number of carbonyl (C=O) groups is 1. The molecule has 0 aromatic heterocycles. The molecule has 1 aromatic carbocycles. The normalized spacial score (nSPS) is 19.2. The molecule has 0 aliphatic carbocycles. The molecule has 0 saturated carbocycles. The number of hydrogen-bond donors (Lipinski definition) is 2. The summed E-state index contributed by atoms with van der Waals surface area (Å²) in [6.45, 7) is 1.55. The summed E-state index contributed by atoms with van der Waals surface area (Å²) in [6, 6.07) is 5.56. The van der Waals surface area contributed by atoms with Gasteiger partial charge in [-0.1, -0.05) is 23.7 Å². The van der Waals surface area contributed by atoms with Crippen LogP contribution in [0.5, 0.6) is 0 Å². The van der Waals surface area contributed by atoms with Crippen molar-refractivity contribution < 1.29 is 4.79 Å². The average Bonchev–Trinajstić information content (AvgIpc) is 2.78. The first kappa shape index (κ1) is 13.2. The zero-order chi connectivity index (χ0) is 13.1. The molecule has 1 amide bonds. The Hall–Kier alpha value is -1.26. The Morgan fingerprint density at radius 1 is 1.61 bits per heavy atom. The minimum atomic E-state index is -0.275. The standard InChI is InChI=1S/C13H18ClN3O/c1-16-8-9-4-2-5-10(14)12(9)17-7-3-6-11(17)13(15)18/h2,4-5,11,16H,3,6-8H2,1H3,(H2,15,18). The van der Waals surface area contributed by atoms with Gasteiger partial charge in [-0.25, -0.2) is 0 Å². The van der Waals surface area contributed by atoms with Gasteiger partial charge in [-0.15, -0.1) is 0 Å². The van der Waals surface area contributed by atoms with Crippen LogP contribution in [0.15, 0.2) is 18.2 Å². The number of nitrogens with two attached hydrogens (primary N) is 1. The number of amides is 1. The number of nitrogens with zero attached hydrogens (tertiary/aromatic N) is 1. The third kappa shape index (κ3) is 2.44. The summed E-state index contributed by atoms with van der Waals surface area (Å²) in [6.07, 6.45) is 1.78. The third-order valence-corrected chi connectivity index (χ3v) is 3.61. The molecule has 1 saturated heterocycles. The van der Waals surface area contributed by atoms with E-state index in [1.807, 2.05) is 30.1 Å². The Bertz CT molecular complexity index is 450. The summed E-state index contributed by atoms with van der Waals surface area (Å²) in [7, 11) is 1.89. The fraction of sp³-hybridized carbons (Fsp3) is 0.462. The van der Waals surface area contributed by atoms with E-state index in [0.29, 0.717) is 5.02 Å². The van der Waals surface area contributed by atoms with Gasteiger partial charge in [0.25, 0.3) is 0 Å². The monoisotopic (exact) mass is 267 g/mol. The van der Waals surface area contributed by atoms with E-state index in [9.17, 15) is 4.79 Å². The molecule has 3 N–H and O–H groups in total. The van der Waals surface area contributed by atoms with Crippen LogP contribution < -0.4 is 16.0 Å². The minimum Gasteiger partial charge on any atom is -0.368 e. The van der Waals surface area contributed by atoms with Crippen LogP contribution in [0.25, 0.3) is 0 Å². The first-order chi connectivity index (χ1) is 8.65. The van der Waals surface area contributed by atoms with Gasteiger partial charge in [-0.3, -0.25) is 4.79 Å². The van der Waals surface area contributed by atoms with E-state index >= 15 is 0 Å². The smallest absolute Gasteiger partial charge is 0.240 e. The molecule has 4 nitrogen and oxygen atoms in total. The lowest BCUT2D eigenvalue weighted by Crippen LogP contribution is -2.41. The van der Waals surface area contributed by atoms with Crippen LogP contribution in [-0.2, 0) is 11.3 Å². The van der Waals surface area contributed by atoms with Crippen molar-refractivity contribution in [2.75, 3.05) is 18.5 Å². The molecule has 1 fully saturated rings. The molecule has 98 valence electrons. The Balaban J connectivity index is 2.39. The molecule has 1 aliphatic rings. The van der Waals surface area contributed by atoms with Crippen molar-refractivity contribution in [1.82, 2.24) is 5.32 Å². The first-order valence-electron chi connectivity index (χ1n) is 6.13. The molecule has 2 rings (SSSR count). The van der Waals surface area contributed by atoms with E-state index in [2.05, 4.69) is 5.32 Å². The van der Waals surface area contributed by atoms with Crippen LogP contribution in [0.2, 0.25) is 5.02 Å². The molecular formula is C13H18ClN3O. The molecule has 1 unspecified atom stereocenters. The number of benzene rings is 1. The first-order valence-corrected chi connectivity index (χ1v) is 6.51. The van der Waals surface area contributed by atoms with Gasteiger partial charge in [-0.2, -0.15) is 0 Å². The molecule has 1 aliphatic heterocycles. The van der Waals surface area contributed by atoms with Crippen LogP contribution in [0.3, 0.4) is 0 Å². The lowest BCUT2D eigenvalue weighted by Gasteiger charge is -2.27. The third-order valence-electron chi connectivity index (χ3n) is 3.31. The molecule has 0 spiro atoms. The number of primary amides is 1. The van der Waals surface area contributed by atoms with Gasteiger partial charge in [0.2, 0.25) is 5.91 Å². The Morgan fingerprint density at radius 2 is 2.39 bits per heavy atom. The Morgan fingerprint density at radius 3 is 3.06 bits per heavy atom. The highest BCUT2D eigenvalue weighted by Crippen LogP contribution is 2.34. The van der Waals surface area contributed by atoms with Crippen LogP contribution >= 0.6 is 11.6 Å². The number of hydrogen-bond acceptors (Lipinski definition) is 3. The van der Waals surface area contributed by atoms with Gasteiger partial charge in [0.05, 0.1) is 10.7 Å². The maximum absolute atomic E-state index is 11.5. The zero-order valence-corrected chi connectivity index (χ0v) is 11.2. The van der Waals surface area contributed by atoms with Gasteiger partial charge >= 0.3 is 0 Å². The molecule has 18 heavy (non-hydrogen) atoms. The Labute approximate surface area is 112 Å². The second-order valence-corrected chi connectivity index (χ2v) is 4.94. The second kappa shape index (κ2) is 5.59. The highest BCUT2D eigenvalue weighted by molar-refractivity contribution is 6.33. The van der Waals surface area contributed by atoms with E-state index in [1.54, 1.807) is 0 Å². The summed E-state index contributed by atoms with van der Waals surface area (Å²) < 4.78 is 0. The lowest BCUT2D eigenvalue weighted by molar-refractivity contribution is -0.119. The summed E-state index contributed by atoms with van der Waals surface area (Å²) in [4.78, 5) is 13.5. The van der Waals surface area contributed by atoms with Crippen molar-refractivity contribution >= 4 is 23.2 Å². The van der Waals surface area contributed by atoms with Gasteiger partial charge in [0, 0.05) is 13.1 Å². The van der Waals surface area contributed by atoms with Gasteiger partial charge < -0.3 is 16.0 Å². The highest BCUT2D eigenvalue weighted by Gasteiger charge is 2.31. The predicted molar refractivity (Wildman–Crippen MR) is 73.8 cm³/mol. The number of rotatable bonds is 4. The fourth-order valence-electron chi connectivity index (χ4n) is 2.54. The molecule has 1 heterocycles. The van der Waals surface area contributed by atoms with E-state index in [1.165, 1.54) is 0 Å². The average molecular weight is 268 g/mol. The number of para-hydroxylation sites is 1. The van der Waals surface area contributed by atoms with Crippen LogP contribution in [-0.4, -0.2) is 25.5 Å². The summed E-state index contributed by atoms with van der Waals surface area (Å²) in [5.41, 5.74) is 7.50. The van der Waals surface area contributed by atoms with E-state index in [0.717, 1.165) is 37.2 Å². The van der Waals surface area contributed by atoms with Crippen molar-refractivity contribution in [2.45, 2.75) is 25.4 Å². The highest BCUT2D eigenvalue weighted by atomic mass is 35.5. The fourth-order valence-corrected chi connectivity index (χ4v) is 2.85. The molecule has 1 atom stereocenters. The molecule has 0 radical (unpaired) electrons. The number of halogens is 1. The van der Waals surface area contributed by atoms with Crippen molar-refractivity contribution in [3.05, 3.63) is 28.8 Å². The topological polar surface area (TPSA) is 58.4 Å². The van der Waals surface area contributed by atoms with Crippen molar-refractivity contribution in [3.8, 4) is 0 Å².